The van der Waals surface area contributed by atoms with E-state index in [1.807, 2.05) is 4.68 Å². The Morgan fingerprint density at radius 2 is 1.94 bits per heavy atom. The second-order valence-electron chi connectivity index (χ2n) is 6.53. The average molecular weight is 220 g/mol. The highest BCUT2D eigenvalue weighted by Crippen LogP contribution is 2.36. The van der Waals surface area contributed by atoms with E-state index in [2.05, 4.69) is 39.7 Å². The van der Waals surface area contributed by atoms with E-state index in [0.29, 0.717) is 6.42 Å². The molecule has 0 unspecified atom stereocenters. The summed E-state index contributed by atoms with van der Waals surface area (Å²) in [6.45, 7) is 10.6. The maximum atomic E-state index is 12.0. The summed E-state index contributed by atoms with van der Waals surface area (Å²) in [5.74, 6) is 0.238. The minimum atomic E-state index is -0.0543. The molecule has 16 heavy (non-hydrogen) atoms. The molecular formula is C13H20N2O. The van der Waals surface area contributed by atoms with Gasteiger partial charge in [0, 0.05) is 6.42 Å². The van der Waals surface area contributed by atoms with Crippen molar-refractivity contribution < 1.29 is 4.79 Å². The maximum absolute atomic E-state index is 12.0. The molecule has 1 aromatic rings. The second-order valence-corrected chi connectivity index (χ2v) is 6.53. The smallest absolute Gasteiger partial charge is 0.166 e. The Kier molecular flexibility index (Phi) is 2.26. The second kappa shape index (κ2) is 3.19. The molecule has 2 rings (SSSR count). The van der Waals surface area contributed by atoms with E-state index < -0.39 is 0 Å². The molecule has 0 aliphatic heterocycles. The van der Waals surface area contributed by atoms with Crippen LogP contribution in [0.2, 0.25) is 0 Å². The van der Waals surface area contributed by atoms with Gasteiger partial charge < -0.3 is 0 Å². The number of aromatic nitrogens is 2. The molecule has 0 spiro atoms. The molecule has 0 fully saturated rings. The lowest BCUT2D eigenvalue weighted by molar-refractivity contribution is 0.0908. The summed E-state index contributed by atoms with van der Waals surface area (Å²) in [6.07, 6.45) is 3.30. The Balaban J connectivity index is 2.54. The third-order valence-electron chi connectivity index (χ3n) is 3.09. The summed E-state index contributed by atoms with van der Waals surface area (Å²) < 4.78 is 2.00. The van der Waals surface area contributed by atoms with Crippen LogP contribution in [-0.2, 0) is 12.0 Å². The highest BCUT2D eigenvalue weighted by atomic mass is 16.1. The van der Waals surface area contributed by atoms with Crippen LogP contribution in [0.15, 0.2) is 6.20 Å². The standard InChI is InChI=1S/C13H20N2O/c1-12(2,3)15-10-6-13(4,5)7-11(16)9(10)8-14-15/h8H,6-7H2,1-5H3. The van der Waals surface area contributed by atoms with Crippen molar-refractivity contribution in [1.82, 2.24) is 9.78 Å². The Morgan fingerprint density at radius 1 is 1.31 bits per heavy atom. The monoisotopic (exact) mass is 220 g/mol. The van der Waals surface area contributed by atoms with Crippen molar-refractivity contribution in [3.63, 3.8) is 0 Å². The van der Waals surface area contributed by atoms with Crippen molar-refractivity contribution in [2.75, 3.05) is 0 Å². The zero-order valence-corrected chi connectivity index (χ0v) is 10.8. The lowest BCUT2D eigenvalue weighted by Crippen LogP contribution is -2.32. The molecule has 0 bridgehead atoms. The summed E-state index contributed by atoms with van der Waals surface area (Å²) in [4.78, 5) is 12.0. The van der Waals surface area contributed by atoms with E-state index in [-0.39, 0.29) is 16.7 Å². The number of rotatable bonds is 0. The van der Waals surface area contributed by atoms with Gasteiger partial charge in [-0.25, -0.2) is 0 Å². The van der Waals surface area contributed by atoms with Crippen LogP contribution in [0.3, 0.4) is 0 Å². The molecule has 1 aliphatic rings. The fourth-order valence-corrected chi connectivity index (χ4v) is 2.40. The number of ketones is 1. The molecule has 0 saturated heterocycles. The van der Waals surface area contributed by atoms with Crippen LogP contribution < -0.4 is 0 Å². The van der Waals surface area contributed by atoms with E-state index in [1.54, 1.807) is 6.20 Å². The molecule has 0 atom stereocenters. The summed E-state index contributed by atoms with van der Waals surface area (Å²) in [5, 5.41) is 4.38. The largest absolute Gasteiger partial charge is 0.294 e. The Morgan fingerprint density at radius 3 is 2.50 bits per heavy atom. The SMILES string of the molecule is CC1(C)CC(=O)c2cnn(C(C)(C)C)c2C1. The first-order valence-corrected chi connectivity index (χ1v) is 5.81. The van der Waals surface area contributed by atoms with Crippen molar-refractivity contribution in [2.45, 2.75) is 53.0 Å². The van der Waals surface area contributed by atoms with Gasteiger partial charge in [0.1, 0.15) is 0 Å². The first kappa shape index (κ1) is 11.4. The van der Waals surface area contributed by atoms with E-state index in [9.17, 15) is 4.79 Å². The third-order valence-corrected chi connectivity index (χ3v) is 3.09. The van der Waals surface area contributed by atoms with Crippen LogP contribution in [0.5, 0.6) is 0 Å². The van der Waals surface area contributed by atoms with Gasteiger partial charge in [0.25, 0.3) is 0 Å². The molecule has 0 amide bonds. The maximum Gasteiger partial charge on any atom is 0.166 e. The van der Waals surface area contributed by atoms with Gasteiger partial charge in [0.2, 0.25) is 0 Å². The first-order chi connectivity index (χ1) is 7.21. The van der Waals surface area contributed by atoms with Crippen LogP contribution in [0.25, 0.3) is 0 Å². The van der Waals surface area contributed by atoms with E-state index in [1.165, 1.54) is 0 Å². The number of hydrogen-bond donors (Lipinski definition) is 0. The fourth-order valence-electron chi connectivity index (χ4n) is 2.40. The Labute approximate surface area is 96.8 Å². The van der Waals surface area contributed by atoms with Gasteiger partial charge in [-0.15, -0.1) is 0 Å². The molecule has 3 nitrogen and oxygen atoms in total. The zero-order chi connectivity index (χ0) is 12.1. The molecule has 0 aromatic carbocycles. The molecule has 3 heteroatoms. The predicted octanol–water partition coefficient (Wildman–Crippen LogP) is 2.79. The molecular weight excluding hydrogens is 200 g/mol. The number of carbonyl (C=O) groups excluding carboxylic acids is 1. The van der Waals surface area contributed by atoms with Crippen LogP contribution >= 0.6 is 0 Å². The molecule has 88 valence electrons. The van der Waals surface area contributed by atoms with Gasteiger partial charge in [-0.3, -0.25) is 9.48 Å². The third kappa shape index (κ3) is 1.79. The van der Waals surface area contributed by atoms with E-state index in [0.717, 1.165) is 17.7 Å². The van der Waals surface area contributed by atoms with Crippen molar-refractivity contribution >= 4 is 5.78 Å². The van der Waals surface area contributed by atoms with Crippen LogP contribution in [0.1, 0.15) is 57.1 Å². The van der Waals surface area contributed by atoms with Gasteiger partial charge in [0.05, 0.1) is 23.0 Å². The average Bonchev–Trinajstić information content (AvgIpc) is 2.43. The summed E-state index contributed by atoms with van der Waals surface area (Å²) >= 11 is 0. The molecule has 0 radical (unpaired) electrons. The Bertz CT molecular complexity index is 435. The molecule has 1 aliphatic carbocycles. The number of nitrogens with zero attached hydrogens (tertiary/aromatic N) is 2. The number of Topliss-reactive ketones (excluding diaryl/α,β-unsaturated/α-hetero) is 1. The van der Waals surface area contributed by atoms with E-state index in [4.69, 9.17) is 0 Å². The van der Waals surface area contributed by atoms with Gasteiger partial charge in [-0.2, -0.15) is 5.10 Å². The lowest BCUT2D eigenvalue weighted by atomic mass is 9.76. The highest BCUT2D eigenvalue weighted by molar-refractivity contribution is 5.98. The van der Waals surface area contributed by atoms with Gasteiger partial charge in [0.15, 0.2) is 5.78 Å². The highest BCUT2D eigenvalue weighted by Gasteiger charge is 2.35. The topological polar surface area (TPSA) is 34.9 Å². The van der Waals surface area contributed by atoms with Crippen LogP contribution in [0.4, 0.5) is 0 Å². The van der Waals surface area contributed by atoms with Crippen molar-refractivity contribution in [3.8, 4) is 0 Å². The predicted molar refractivity (Wildman–Crippen MR) is 63.7 cm³/mol. The molecule has 0 saturated carbocycles. The Hall–Kier alpha value is -1.12. The molecule has 0 N–H and O–H groups in total. The first-order valence-electron chi connectivity index (χ1n) is 5.81. The van der Waals surface area contributed by atoms with Crippen LogP contribution in [-0.4, -0.2) is 15.6 Å². The van der Waals surface area contributed by atoms with Crippen LogP contribution in [0, 0.1) is 5.41 Å². The fraction of sp³-hybridized carbons (Fsp3) is 0.692. The van der Waals surface area contributed by atoms with Crippen molar-refractivity contribution in [1.29, 1.82) is 0 Å². The lowest BCUT2D eigenvalue weighted by Gasteiger charge is -2.31. The number of fused-ring (bicyclic) bond motifs is 1. The van der Waals surface area contributed by atoms with Gasteiger partial charge >= 0.3 is 0 Å². The van der Waals surface area contributed by atoms with Crippen molar-refractivity contribution in [2.24, 2.45) is 5.41 Å². The van der Waals surface area contributed by atoms with Gasteiger partial charge in [-0.1, -0.05) is 13.8 Å². The quantitative estimate of drug-likeness (QED) is 0.674. The number of carbonyl (C=O) groups is 1. The zero-order valence-electron chi connectivity index (χ0n) is 10.8. The minimum Gasteiger partial charge on any atom is -0.294 e. The van der Waals surface area contributed by atoms with Gasteiger partial charge in [-0.05, 0) is 32.6 Å². The minimum absolute atomic E-state index is 0.0543. The van der Waals surface area contributed by atoms with Crippen molar-refractivity contribution in [3.05, 3.63) is 17.5 Å². The normalized spacial score (nSPS) is 19.7. The number of hydrogen-bond acceptors (Lipinski definition) is 2. The molecule has 1 aromatic heterocycles. The summed E-state index contributed by atoms with van der Waals surface area (Å²) in [6, 6.07) is 0. The summed E-state index contributed by atoms with van der Waals surface area (Å²) in [7, 11) is 0. The summed E-state index contributed by atoms with van der Waals surface area (Å²) in [5.41, 5.74) is 1.94. The molecule has 1 heterocycles. The van der Waals surface area contributed by atoms with E-state index >= 15 is 0 Å².